The molecule has 0 heterocycles. The second-order valence-electron chi connectivity index (χ2n) is 8.81. The zero-order chi connectivity index (χ0) is 16.6. The minimum atomic E-state index is -1.36. The van der Waals surface area contributed by atoms with Crippen molar-refractivity contribution < 1.29 is 19.4 Å². The van der Waals surface area contributed by atoms with E-state index in [9.17, 15) is 19.4 Å². The number of carbonyl (C=O) groups excluding carboxylic acids is 1. The highest BCUT2D eigenvalue weighted by Crippen LogP contribution is 2.64. The van der Waals surface area contributed by atoms with Crippen LogP contribution >= 0.6 is 0 Å². The van der Waals surface area contributed by atoms with E-state index in [0.717, 1.165) is 25.7 Å². The molecule has 0 spiro atoms. The fourth-order valence-corrected chi connectivity index (χ4v) is 6.38. The molecule has 3 nitrogen and oxygen atoms in total. The standard InChI is InChI=1S/C19H27FO3/c1-18-5-3-11(21)7-10(18)8-15(22)16-12(18)4-6-19(2)13(16)9-14(20)17(19)23/h8,11-16,21-22H,3-7,9H2,1-2H3/t11-,12+,13+,14-,15-,16+,18+,19+/m1/s1. The van der Waals surface area contributed by atoms with Gasteiger partial charge in [-0.1, -0.05) is 25.5 Å². The first-order chi connectivity index (χ1) is 10.8. The van der Waals surface area contributed by atoms with Crippen molar-refractivity contribution in [3.05, 3.63) is 11.6 Å². The molecule has 0 unspecified atom stereocenters. The molecule has 4 aliphatic carbocycles. The Balaban J connectivity index is 1.75. The molecule has 0 aromatic carbocycles. The van der Waals surface area contributed by atoms with Crippen LogP contribution in [0.5, 0.6) is 0 Å². The lowest BCUT2D eigenvalue weighted by molar-refractivity contribution is -0.137. The number of hydrogen-bond donors (Lipinski definition) is 2. The van der Waals surface area contributed by atoms with E-state index >= 15 is 0 Å². The molecule has 2 N–H and O–H groups in total. The summed E-state index contributed by atoms with van der Waals surface area (Å²) < 4.78 is 14.2. The van der Waals surface area contributed by atoms with Crippen molar-refractivity contribution in [2.75, 3.05) is 0 Å². The van der Waals surface area contributed by atoms with Crippen molar-refractivity contribution in [2.45, 2.75) is 70.8 Å². The van der Waals surface area contributed by atoms with Crippen LogP contribution in [0.1, 0.15) is 52.4 Å². The number of rotatable bonds is 0. The summed E-state index contributed by atoms with van der Waals surface area (Å²) in [5.74, 6) is -0.0315. The first kappa shape index (κ1) is 15.8. The van der Waals surface area contributed by atoms with Crippen LogP contribution in [0.25, 0.3) is 0 Å². The zero-order valence-corrected chi connectivity index (χ0v) is 14.0. The number of aliphatic hydroxyl groups is 2. The SMILES string of the molecule is C[C@]12CC[C@@H](O)CC1=C[C@@H](O)[C@H]1[C@@H]2CC[C@]2(C)C(=O)[C@H](F)C[C@@H]12. The highest BCUT2D eigenvalue weighted by Gasteiger charge is 2.63. The number of fused-ring (bicyclic) bond motifs is 5. The average molecular weight is 322 g/mol. The maximum Gasteiger partial charge on any atom is 0.173 e. The summed E-state index contributed by atoms with van der Waals surface area (Å²) >= 11 is 0. The van der Waals surface area contributed by atoms with E-state index in [2.05, 4.69) is 6.92 Å². The van der Waals surface area contributed by atoms with Crippen molar-refractivity contribution >= 4 is 5.78 Å². The van der Waals surface area contributed by atoms with Gasteiger partial charge in [0, 0.05) is 5.41 Å². The van der Waals surface area contributed by atoms with Gasteiger partial charge in [0.25, 0.3) is 0 Å². The minimum absolute atomic E-state index is 0.0120. The maximum absolute atomic E-state index is 14.2. The van der Waals surface area contributed by atoms with Crippen molar-refractivity contribution in [1.82, 2.24) is 0 Å². The number of alkyl halides is 1. The summed E-state index contributed by atoms with van der Waals surface area (Å²) in [6, 6.07) is 0. The molecule has 0 amide bonds. The molecule has 0 aliphatic heterocycles. The van der Waals surface area contributed by atoms with Gasteiger partial charge in [-0.05, 0) is 61.7 Å². The first-order valence-corrected chi connectivity index (χ1v) is 9.03. The number of hydrogen-bond acceptors (Lipinski definition) is 3. The van der Waals surface area contributed by atoms with Crippen LogP contribution in [0.3, 0.4) is 0 Å². The Morgan fingerprint density at radius 1 is 1.13 bits per heavy atom. The van der Waals surface area contributed by atoms with Crippen molar-refractivity contribution in [1.29, 1.82) is 0 Å². The van der Waals surface area contributed by atoms with Crippen LogP contribution in [0.4, 0.5) is 4.39 Å². The third kappa shape index (κ3) is 1.97. The second kappa shape index (κ2) is 4.89. The molecule has 3 fully saturated rings. The molecule has 8 atom stereocenters. The van der Waals surface area contributed by atoms with Crippen LogP contribution in [0.15, 0.2) is 11.6 Å². The van der Waals surface area contributed by atoms with Crippen molar-refractivity contribution in [3.8, 4) is 0 Å². The summed E-state index contributed by atoms with van der Waals surface area (Å²) in [5.41, 5.74) is 0.564. The summed E-state index contributed by atoms with van der Waals surface area (Å²) in [5, 5.41) is 20.8. The van der Waals surface area contributed by atoms with Gasteiger partial charge in [-0.2, -0.15) is 0 Å². The van der Waals surface area contributed by atoms with Gasteiger partial charge < -0.3 is 10.2 Å². The Morgan fingerprint density at radius 3 is 2.57 bits per heavy atom. The van der Waals surface area contributed by atoms with E-state index in [1.165, 1.54) is 5.57 Å². The normalized spacial score (nSPS) is 55.7. The fourth-order valence-electron chi connectivity index (χ4n) is 6.38. The average Bonchev–Trinajstić information content (AvgIpc) is 2.73. The molecular formula is C19H27FO3. The molecule has 4 aliphatic rings. The lowest BCUT2D eigenvalue weighted by Crippen LogP contribution is -2.54. The van der Waals surface area contributed by atoms with Crippen LogP contribution in [-0.4, -0.2) is 34.4 Å². The number of ketones is 1. The Labute approximate surface area is 137 Å². The van der Waals surface area contributed by atoms with E-state index in [1.54, 1.807) is 0 Å². The van der Waals surface area contributed by atoms with Gasteiger partial charge in [-0.25, -0.2) is 4.39 Å². The molecule has 0 bridgehead atoms. The fraction of sp³-hybridized carbons (Fsp3) is 0.842. The molecule has 0 saturated heterocycles. The molecular weight excluding hydrogens is 295 g/mol. The molecule has 23 heavy (non-hydrogen) atoms. The van der Waals surface area contributed by atoms with Crippen LogP contribution < -0.4 is 0 Å². The summed E-state index contributed by atoms with van der Waals surface area (Å²) in [6.07, 6.45) is 3.87. The third-order valence-corrected chi connectivity index (χ3v) is 7.80. The van der Waals surface area contributed by atoms with Gasteiger partial charge in [-0.3, -0.25) is 4.79 Å². The molecule has 0 aromatic rings. The lowest BCUT2D eigenvalue weighted by atomic mass is 9.47. The molecule has 3 saturated carbocycles. The summed E-state index contributed by atoms with van der Waals surface area (Å²) in [4.78, 5) is 12.3. The topological polar surface area (TPSA) is 57.5 Å². The quantitative estimate of drug-likeness (QED) is 0.674. The zero-order valence-electron chi connectivity index (χ0n) is 14.0. The van der Waals surface area contributed by atoms with Crippen molar-refractivity contribution in [3.63, 3.8) is 0 Å². The third-order valence-electron chi connectivity index (χ3n) is 7.80. The van der Waals surface area contributed by atoms with E-state index in [0.29, 0.717) is 12.3 Å². The Morgan fingerprint density at radius 2 is 1.83 bits per heavy atom. The number of carbonyl (C=O) groups is 1. The van der Waals surface area contributed by atoms with E-state index < -0.39 is 17.7 Å². The predicted octanol–water partition coefficient (Wildman–Crippen LogP) is 2.80. The maximum atomic E-state index is 14.2. The van der Waals surface area contributed by atoms with Crippen LogP contribution in [-0.2, 0) is 4.79 Å². The van der Waals surface area contributed by atoms with Crippen molar-refractivity contribution in [2.24, 2.45) is 28.6 Å². The largest absolute Gasteiger partial charge is 0.393 e. The molecule has 128 valence electrons. The highest BCUT2D eigenvalue weighted by molar-refractivity contribution is 5.91. The Hall–Kier alpha value is -0.740. The lowest BCUT2D eigenvalue weighted by Gasteiger charge is -2.57. The first-order valence-electron chi connectivity index (χ1n) is 9.03. The van der Waals surface area contributed by atoms with E-state index in [-0.39, 0.29) is 35.6 Å². The summed E-state index contributed by atoms with van der Waals surface area (Å²) in [7, 11) is 0. The second-order valence-corrected chi connectivity index (χ2v) is 8.81. The number of aliphatic hydroxyl groups excluding tert-OH is 2. The van der Waals surface area contributed by atoms with E-state index in [1.807, 2.05) is 13.0 Å². The van der Waals surface area contributed by atoms with Gasteiger partial charge in [0.15, 0.2) is 12.0 Å². The van der Waals surface area contributed by atoms with Gasteiger partial charge in [0.05, 0.1) is 12.2 Å². The van der Waals surface area contributed by atoms with Crippen LogP contribution in [0, 0.1) is 28.6 Å². The van der Waals surface area contributed by atoms with Gasteiger partial charge in [0.2, 0.25) is 0 Å². The van der Waals surface area contributed by atoms with Gasteiger partial charge in [-0.15, -0.1) is 0 Å². The number of Topliss-reactive ketones (excluding diaryl/α,β-unsaturated/α-hetero) is 1. The van der Waals surface area contributed by atoms with E-state index in [4.69, 9.17) is 0 Å². The Kier molecular flexibility index (Phi) is 3.35. The minimum Gasteiger partial charge on any atom is -0.393 e. The molecule has 0 aromatic heterocycles. The van der Waals surface area contributed by atoms with Gasteiger partial charge >= 0.3 is 0 Å². The Bertz CT molecular complexity index is 573. The summed E-state index contributed by atoms with van der Waals surface area (Å²) in [6.45, 7) is 4.16. The van der Waals surface area contributed by atoms with Gasteiger partial charge in [0.1, 0.15) is 0 Å². The monoisotopic (exact) mass is 322 g/mol. The van der Waals surface area contributed by atoms with Crippen LogP contribution in [0.2, 0.25) is 0 Å². The molecule has 4 rings (SSSR count). The smallest absolute Gasteiger partial charge is 0.173 e. The number of halogens is 1. The predicted molar refractivity (Wildman–Crippen MR) is 84.4 cm³/mol. The molecule has 0 radical (unpaired) electrons. The highest BCUT2D eigenvalue weighted by atomic mass is 19.1. The molecule has 4 heteroatoms.